The van der Waals surface area contributed by atoms with Crippen molar-refractivity contribution in [3.05, 3.63) is 60.0 Å². The molecule has 1 atom stereocenters. The largest absolute Gasteiger partial charge is 0.496 e. The van der Waals surface area contributed by atoms with Gasteiger partial charge < -0.3 is 9.64 Å². The van der Waals surface area contributed by atoms with Crippen LogP contribution in [0.1, 0.15) is 44.6 Å². The third kappa shape index (κ3) is 4.66. The Labute approximate surface area is 174 Å². The first-order valence-electron chi connectivity index (χ1n) is 10.6. The van der Waals surface area contributed by atoms with Gasteiger partial charge in [0.15, 0.2) is 0 Å². The summed E-state index contributed by atoms with van der Waals surface area (Å²) in [6, 6.07) is 9.70. The number of rotatable bonds is 5. The Bertz CT molecular complexity index is 744. The van der Waals surface area contributed by atoms with Gasteiger partial charge >= 0.3 is 0 Å². The van der Waals surface area contributed by atoms with Crippen LogP contribution in [0.5, 0.6) is 0 Å². The molecule has 1 unspecified atom stereocenters. The van der Waals surface area contributed by atoms with E-state index in [1.165, 1.54) is 54.9 Å². The lowest BCUT2D eigenvalue weighted by Crippen LogP contribution is -2.42. The van der Waals surface area contributed by atoms with Crippen molar-refractivity contribution in [1.29, 1.82) is 0 Å². The van der Waals surface area contributed by atoms with Gasteiger partial charge in [0.2, 0.25) is 0 Å². The second kappa shape index (κ2) is 9.23. The van der Waals surface area contributed by atoms with Gasteiger partial charge in [-0.1, -0.05) is 31.2 Å². The third-order valence-electron chi connectivity index (χ3n) is 6.07. The molecule has 1 aliphatic carbocycles. The lowest BCUT2D eigenvalue weighted by Gasteiger charge is -2.39. The van der Waals surface area contributed by atoms with E-state index in [2.05, 4.69) is 64.8 Å². The fraction of sp³-hybridized carbons (Fsp3) is 0.500. The summed E-state index contributed by atoms with van der Waals surface area (Å²) in [6.45, 7) is 5.87. The highest BCUT2D eigenvalue weighted by Crippen LogP contribution is 2.32. The monoisotopic (exact) mass is 396 g/mol. The number of piperidine rings is 1. The molecule has 3 nitrogen and oxygen atoms in total. The Morgan fingerprint density at radius 2 is 1.71 bits per heavy atom. The summed E-state index contributed by atoms with van der Waals surface area (Å²) in [6.07, 6.45) is 15.2. The highest BCUT2D eigenvalue weighted by Gasteiger charge is 2.25. The van der Waals surface area contributed by atoms with Crippen molar-refractivity contribution in [1.82, 2.24) is 9.21 Å². The van der Waals surface area contributed by atoms with Gasteiger partial charge in [0.1, 0.15) is 5.76 Å². The first kappa shape index (κ1) is 19.7. The van der Waals surface area contributed by atoms with Crippen molar-refractivity contribution >= 4 is 17.5 Å². The Hall–Kier alpha value is -1.65. The number of hydrogen-bond donors (Lipinski definition) is 0. The summed E-state index contributed by atoms with van der Waals surface area (Å²) in [5, 5.41) is 0. The van der Waals surface area contributed by atoms with Crippen LogP contribution >= 0.6 is 11.9 Å². The minimum Gasteiger partial charge on any atom is -0.496 e. The molecule has 2 heterocycles. The highest BCUT2D eigenvalue weighted by atomic mass is 32.2. The summed E-state index contributed by atoms with van der Waals surface area (Å²) in [5.74, 6) is 1.75. The molecule has 150 valence electrons. The maximum Gasteiger partial charge on any atom is 0.122 e. The van der Waals surface area contributed by atoms with E-state index in [-0.39, 0.29) is 0 Å². The molecule has 1 fully saturated rings. The average Bonchev–Trinajstić information content (AvgIpc) is 2.75. The number of allylic oxidation sites excluding steroid dienone is 4. The van der Waals surface area contributed by atoms with Crippen LogP contribution in [0.15, 0.2) is 59.3 Å². The van der Waals surface area contributed by atoms with E-state index >= 15 is 0 Å². The molecule has 1 aromatic carbocycles. The van der Waals surface area contributed by atoms with E-state index in [0.29, 0.717) is 0 Å². The van der Waals surface area contributed by atoms with E-state index in [9.17, 15) is 0 Å². The zero-order chi connectivity index (χ0) is 19.3. The maximum absolute atomic E-state index is 5.55. The zero-order valence-corrected chi connectivity index (χ0v) is 18.0. The molecule has 3 aliphatic rings. The number of methoxy groups -OCH3 is 1. The van der Waals surface area contributed by atoms with Crippen LogP contribution in [0.2, 0.25) is 0 Å². The molecule has 0 amide bonds. The molecule has 4 rings (SSSR count). The predicted molar refractivity (Wildman–Crippen MR) is 119 cm³/mol. The molecule has 1 aromatic rings. The first-order valence-corrected chi connectivity index (χ1v) is 11.4. The highest BCUT2D eigenvalue weighted by molar-refractivity contribution is 7.97. The Morgan fingerprint density at radius 3 is 2.39 bits per heavy atom. The van der Waals surface area contributed by atoms with Crippen LogP contribution in [-0.2, 0) is 4.74 Å². The van der Waals surface area contributed by atoms with Crippen LogP contribution < -0.4 is 0 Å². The minimum absolute atomic E-state index is 0.723. The maximum atomic E-state index is 5.55. The molecule has 1 saturated heterocycles. The van der Waals surface area contributed by atoms with Crippen LogP contribution in [0.3, 0.4) is 0 Å². The summed E-state index contributed by atoms with van der Waals surface area (Å²) < 4.78 is 8.08. The molecule has 0 bridgehead atoms. The Morgan fingerprint density at radius 1 is 0.964 bits per heavy atom. The summed E-state index contributed by atoms with van der Waals surface area (Å²) in [5.41, 5.74) is 2.48. The molecule has 0 saturated carbocycles. The van der Waals surface area contributed by atoms with E-state index in [1.807, 2.05) is 11.9 Å². The smallest absolute Gasteiger partial charge is 0.122 e. The van der Waals surface area contributed by atoms with E-state index in [0.717, 1.165) is 30.6 Å². The standard InChI is InChI=1S/C24H32N2OS/c1-19-11-15-25(16-12-19)21-13-17-26(18-14-21)28-22-9-7-20(8-10-22)23-5-3-4-6-24(23)27-2/h5-11,15,19,21H,3-4,12-14,16-18H2,1-2H3. The normalized spacial score (nSPS) is 24.1. The van der Waals surface area contributed by atoms with Crippen LogP contribution in [-0.4, -0.2) is 42.0 Å². The van der Waals surface area contributed by atoms with Gasteiger partial charge in [-0.2, -0.15) is 0 Å². The first-order chi connectivity index (χ1) is 13.7. The SMILES string of the molecule is COC1=CCCC=C1c1ccc(SN2CCC(N3C=CC(C)CC3)CC2)cc1. The molecule has 0 aromatic heterocycles. The number of ether oxygens (including phenoxy) is 1. The molecule has 2 aliphatic heterocycles. The van der Waals surface area contributed by atoms with Gasteiger partial charge in [-0.15, -0.1) is 0 Å². The van der Waals surface area contributed by atoms with Crippen LogP contribution in [0, 0.1) is 5.92 Å². The van der Waals surface area contributed by atoms with Crippen LogP contribution in [0.4, 0.5) is 0 Å². The third-order valence-corrected chi connectivity index (χ3v) is 7.18. The second-order valence-corrected chi connectivity index (χ2v) is 9.26. The number of nitrogens with zero attached hydrogens (tertiary/aromatic N) is 2. The van der Waals surface area contributed by atoms with Gasteiger partial charge in [0.25, 0.3) is 0 Å². The second-order valence-electron chi connectivity index (χ2n) is 8.09. The Kier molecular flexibility index (Phi) is 6.48. The lowest BCUT2D eigenvalue weighted by molar-refractivity contribution is 0.181. The van der Waals surface area contributed by atoms with Gasteiger partial charge in [0.05, 0.1) is 7.11 Å². The molecular formula is C24H32N2OS. The van der Waals surface area contributed by atoms with Crippen molar-refractivity contribution in [2.75, 3.05) is 26.7 Å². The van der Waals surface area contributed by atoms with Crippen molar-refractivity contribution in [3.8, 4) is 0 Å². The van der Waals surface area contributed by atoms with E-state index in [4.69, 9.17) is 4.74 Å². The van der Waals surface area contributed by atoms with Crippen molar-refractivity contribution in [2.45, 2.75) is 50.0 Å². The quantitative estimate of drug-likeness (QED) is 0.591. The van der Waals surface area contributed by atoms with Crippen molar-refractivity contribution in [2.24, 2.45) is 5.92 Å². The fourth-order valence-corrected chi connectivity index (χ4v) is 5.25. The molecule has 4 heteroatoms. The summed E-state index contributed by atoms with van der Waals surface area (Å²) >= 11 is 1.91. The molecule has 0 radical (unpaired) electrons. The predicted octanol–water partition coefficient (Wildman–Crippen LogP) is 5.72. The Balaban J connectivity index is 1.30. The average molecular weight is 397 g/mol. The number of benzene rings is 1. The van der Waals surface area contributed by atoms with Crippen molar-refractivity contribution < 1.29 is 4.74 Å². The number of hydrogen-bond acceptors (Lipinski definition) is 4. The van der Waals surface area contributed by atoms with Gasteiger partial charge in [-0.3, -0.25) is 0 Å². The van der Waals surface area contributed by atoms with E-state index < -0.39 is 0 Å². The zero-order valence-electron chi connectivity index (χ0n) is 17.1. The van der Waals surface area contributed by atoms with Gasteiger partial charge in [-0.25, -0.2) is 4.31 Å². The summed E-state index contributed by atoms with van der Waals surface area (Å²) in [7, 11) is 1.76. The van der Waals surface area contributed by atoms with Gasteiger partial charge in [0, 0.05) is 36.1 Å². The van der Waals surface area contributed by atoms with Crippen LogP contribution in [0.25, 0.3) is 5.57 Å². The molecule has 0 spiro atoms. The molecular weight excluding hydrogens is 364 g/mol. The minimum atomic E-state index is 0.723. The molecule has 28 heavy (non-hydrogen) atoms. The van der Waals surface area contributed by atoms with Gasteiger partial charge in [-0.05, 0) is 79.9 Å². The van der Waals surface area contributed by atoms with Crippen molar-refractivity contribution in [3.63, 3.8) is 0 Å². The summed E-state index contributed by atoms with van der Waals surface area (Å²) in [4.78, 5) is 3.91. The molecule has 0 N–H and O–H groups in total. The lowest BCUT2D eigenvalue weighted by atomic mass is 9.98. The van der Waals surface area contributed by atoms with E-state index in [1.54, 1.807) is 7.11 Å². The topological polar surface area (TPSA) is 15.7 Å². The fourth-order valence-electron chi connectivity index (χ4n) is 4.30.